The van der Waals surface area contributed by atoms with Crippen LogP contribution in [0.5, 0.6) is 0 Å². The number of hydrogen-bond donors (Lipinski definition) is 0. The van der Waals surface area contributed by atoms with E-state index in [1.807, 2.05) is 18.2 Å². The SMILES string of the molecule is C=CC(C)N(C(C)C=C)C(C)(C)C=C. The van der Waals surface area contributed by atoms with Crippen molar-refractivity contribution in [3.05, 3.63) is 38.0 Å². The molecule has 0 amide bonds. The number of rotatable bonds is 6. The van der Waals surface area contributed by atoms with Crippen LogP contribution in [0.3, 0.4) is 0 Å². The standard InChI is InChI=1S/C13H23N/c1-8-11(4)14(12(5)9-2)13(6,7)10-3/h8-12H,1-3H2,4-7H3. The fourth-order valence-electron chi connectivity index (χ4n) is 1.75. The first-order valence-electron chi connectivity index (χ1n) is 5.07. The van der Waals surface area contributed by atoms with Crippen LogP contribution in [-0.2, 0) is 0 Å². The Morgan fingerprint density at radius 1 is 1.00 bits per heavy atom. The van der Waals surface area contributed by atoms with Gasteiger partial charge in [-0.25, -0.2) is 0 Å². The summed E-state index contributed by atoms with van der Waals surface area (Å²) in [4.78, 5) is 2.33. The van der Waals surface area contributed by atoms with Gasteiger partial charge in [-0.1, -0.05) is 18.2 Å². The molecule has 0 bridgehead atoms. The van der Waals surface area contributed by atoms with E-state index in [0.717, 1.165) is 0 Å². The van der Waals surface area contributed by atoms with E-state index in [1.165, 1.54) is 0 Å². The summed E-state index contributed by atoms with van der Waals surface area (Å²) < 4.78 is 0. The van der Waals surface area contributed by atoms with Crippen LogP contribution in [0.1, 0.15) is 27.7 Å². The third kappa shape index (κ3) is 2.85. The summed E-state index contributed by atoms with van der Waals surface area (Å²) >= 11 is 0. The maximum atomic E-state index is 3.88. The second-order valence-corrected chi connectivity index (χ2v) is 4.22. The van der Waals surface area contributed by atoms with Crippen molar-refractivity contribution in [1.29, 1.82) is 0 Å². The largest absolute Gasteiger partial charge is 0.283 e. The zero-order valence-corrected chi connectivity index (χ0v) is 9.96. The minimum atomic E-state index is -0.0405. The highest BCUT2D eigenvalue weighted by Gasteiger charge is 2.29. The second-order valence-electron chi connectivity index (χ2n) is 4.22. The summed E-state index contributed by atoms with van der Waals surface area (Å²) in [5, 5.41) is 0. The van der Waals surface area contributed by atoms with E-state index >= 15 is 0 Å². The Kier molecular flexibility index (Phi) is 4.86. The van der Waals surface area contributed by atoms with Crippen LogP contribution in [0.2, 0.25) is 0 Å². The topological polar surface area (TPSA) is 3.24 Å². The van der Waals surface area contributed by atoms with Crippen molar-refractivity contribution >= 4 is 0 Å². The van der Waals surface area contributed by atoms with Crippen molar-refractivity contribution in [3.63, 3.8) is 0 Å². The molecular formula is C13H23N. The van der Waals surface area contributed by atoms with Crippen LogP contribution in [0.25, 0.3) is 0 Å². The van der Waals surface area contributed by atoms with Crippen molar-refractivity contribution < 1.29 is 0 Å². The first-order chi connectivity index (χ1) is 6.40. The molecule has 14 heavy (non-hydrogen) atoms. The maximum absolute atomic E-state index is 3.88. The summed E-state index contributed by atoms with van der Waals surface area (Å²) in [6.45, 7) is 20.1. The molecule has 0 radical (unpaired) electrons. The van der Waals surface area contributed by atoms with Gasteiger partial charge in [0.2, 0.25) is 0 Å². The van der Waals surface area contributed by atoms with E-state index in [9.17, 15) is 0 Å². The number of nitrogens with zero attached hydrogens (tertiary/aromatic N) is 1. The van der Waals surface area contributed by atoms with Crippen LogP contribution in [-0.4, -0.2) is 22.5 Å². The molecule has 0 saturated carbocycles. The smallest absolute Gasteiger partial charge is 0.0343 e. The summed E-state index contributed by atoms with van der Waals surface area (Å²) in [6.07, 6.45) is 5.86. The van der Waals surface area contributed by atoms with E-state index in [4.69, 9.17) is 0 Å². The Morgan fingerprint density at radius 3 is 1.57 bits per heavy atom. The highest BCUT2D eigenvalue weighted by atomic mass is 15.2. The Balaban J connectivity index is 4.98. The molecule has 0 aliphatic rings. The third-order valence-electron chi connectivity index (χ3n) is 2.72. The van der Waals surface area contributed by atoms with Gasteiger partial charge in [-0.05, 0) is 27.7 Å². The van der Waals surface area contributed by atoms with Gasteiger partial charge in [-0.15, -0.1) is 19.7 Å². The molecule has 0 N–H and O–H groups in total. The van der Waals surface area contributed by atoms with Crippen molar-refractivity contribution in [2.24, 2.45) is 0 Å². The molecule has 80 valence electrons. The third-order valence-corrected chi connectivity index (χ3v) is 2.72. The minimum Gasteiger partial charge on any atom is -0.283 e. The van der Waals surface area contributed by atoms with Gasteiger partial charge < -0.3 is 0 Å². The Labute approximate surface area is 88.8 Å². The lowest BCUT2D eigenvalue weighted by molar-refractivity contribution is 0.110. The highest BCUT2D eigenvalue weighted by molar-refractivity contribution is 5.06. The Bertz CT molecular complexity index is 201. The summed E-state index contributed by atoms with van der Waals surface area (Å²) in [5.41, 5.74) is -0.0405. The van der Waals surface area contributed by atoms with Crippen molar-refractivity contribution in [3.8, 4) is 0 Å². The predicted molar refractivity (Wildman–Crippen MR) is 65.4 cm³/mol. The molecule has 0 aromatic heterocycles. The molecule has 2 unspecified atom stereocenters. The first-order valence-corrected chi connectivity index (χ1v) is 5.07. The van der Waals surface area contributed by atoms with Gasteiger partial charge in [0, 0.05) is 17.6 Å². The zero-order valence-electron chi connectivity index (χ0n) is 9.96. The van der Waals surface area contributed by atoms with Crippen LogP contribution < -0.4 is 0 Å². The number of hydrogen-bond acceptors (Lipinski definition) is 1. The summed E-state index contributed by atoms with van der Waals surface area (Å²) in [7, 11) is 0. The van der Waals surface area contributed by atoms with Gasteiger partial charge >= 0.3 is 0 Å². The zero-order chi connectivity index (χ0) is 11.4. The molecule has 1 nitrogen and oxygen atoms in total. The van der Waals surface area contributed by atoms with Crippen LogP contribution in [0, 0.1) is 0 Å². The Hall–Kier alpha value is -0.820. The maximum Gasteiger partial charge on any atom is 0.0343 e. The molecule has 0 aromatic rings. The molecule has 0 spiro atoms. The van der Waals surface area contributed by atoms with E-state index in [0.29, 0.717) is 12.1 Å². The fourth-order valence-corrected chi connectivity index (χ4v) is 1.75. The van der Waals surface area contributed by atoms with Crippen LogP contribution in [0.15, 0.2) is 38.0 Å². The average Bonchev–Trinajstić information content (AvgIpc) is 2.17. The summed E-state index contributed by atoms with van der Waals surface area (Å²) in [6, 6.07) is 0.631. The predicted octanol–water partition coefficient (Wildman–Crippen LogP) is 3.40. The van der Waals surface area contributed by atoms with Gasteiger partial charge in [0.25, 0.3) is 0 Å². The normalized spacial score (nSPS) is 16.1. The lowest BCUT2D eigenvalue weighted by atomic mass is 9.98. The lowest BCUT2D eigenvalue weighted by Crippen LogP contribution is -2.51. The molecular weight excluding hydrogens is 170 g/mol. The monoisotopic (exact) mass is 193 g/mol. The minimum absolute atomic E-state index is 0.0405. The van der Waals surface area contributed by atoms with E-state index in [1.54, 1.807) is 0 Å². The first kappa shape index (κ1) is 13.2. The molecule has 0 fully saturated rings. The van der Waals surface area contributed by atoms with E-state index in [2.05, 4.69) is 52.3 Å². The quantitative estimate of drug-likeness (QED) is 0.584. The van der Waals surface area contributed by atoms with Gasteiger partial charge in [-0.3, -0.25) is 4.90 Å². The molecule has 0 aliphatic carbocycles. The van der Waals surface area contributed by atoms with Gasteiger partial charge in [0.15, 0.2) is 0 Å². The average molecular weight is 193 g/mol. The van der Waals surface area contributed by atoms with Crippen LogP contribution in [0.4, 0.5) is 0 Å². The van der Waals surface area contributed by atoms with Gasteiger partial charge in [0.1, 0.15) is 0 Å². The molecule has 1 heteroatoms. The van der Waals surface area contributed by atoms with Crippen LogP contribution >= 0.6 is 0 Å². The molecule has 0 heterocycles. The highest BCUT2D eigenvalue weighted by Crippen LogP contribution is 2.23. The molecule has 0 rings (SSSR count). The van der Waals surface area contributed by atoms with Crippen molar-refractivity contribution in [2.75, 3.05) is 0 Å². The lowest BCUT2D eigenvalue weighted by Gasteiger charge is -2.43. The van der Waals surface area contributed by atoms with Crippen molar-refractivity contribution in [2.45, 2.75) is 45.3 Å². The Morgan fingerprint density at radius 2 is 1.36 bits per heavy atom. The van der Waals surface area contributed by atoms with Gasteiger partial charge in [0.05, 0.1) is 0 Å². The van der Waals surface area contributed by atoms with E-state index < -0.39 is 0 Å². The van der Waals surface area contributed by atoms with Crippen molar-refractivity contribution in [1.82, 2.24) is 4.90 Å². The van der Waals surface area contributed by atoms with E-state index in [-0.39, 0.29) is 5.54 Å². The molecule has 0 saturated heterocycles. The molecule has 2 atom stereocenters. The summed E-state index contributed by atoms with van der Waals surface area (Å²) in [5.74, 6) is 0. The van der Waals surface area contributed by atoms with Gasteiger partial charge in [-0.2, -0.15) is 0 Å². The fraction of sp³-hybridized carbons (Fsp3) is 0.538. The second kappa shape index (κ2) is 5.16. The molecule has 0 aromatic carbocycles. The molecule has 0 aliphatic heterocycles.